The lowest BCUT2D eigenvalue weighted by molar-refractivity contribution is 0.0693. The van der Waals surface area contributed by atoms with Crippen molar-refractivity contribution in [2.45, 2.75) is 17.6 Å². The van der Waals surface area contributed by atoms with Gasteiger partial charge in [0, 0.05) is 6.92 Å². The Morgan fingerprint density at radius 1 is 1.43 bits per heavy atom. The van der Waals surface area contributed by atoms with Crippen molar-refractivity contribution in [3.63, 3.8) is 0 Å². The standard InChI is InChI=1S/C12H12N2O6S/c1-7-13-11(14-20-7)6-21(17,18)8-3-4-10(19-2)9(5-8)12(15)16/h3-5H,6H2,1-2H3,(H,15,16). The minimum Gasteiger partial charge on any atom is -0.496 e. The van der Waals surface area contributed by atoms with Gasteiger partial charge >= 0.3 is 5.97 Å². The van der Waals surface area contributed by atoms with Crippen LogP contribution in [0.15, 0.2) is 27.6 Å². The Balaban J connectivity index is 2.40. The van der Waals surface area contributed by atoms with E-state index in [1.54, 1.807) is 6.92 Å². The SMILES string of the molecule is COc1ccc(S(=O)(=O)Cc2noc(C)n2)cc1C(=O)O. The second-order valence-electron chi connectivity index (χ2n) is 4.16. The molecule has 2 aromatic rings. The normalized spacial score (nSPS) is 11.3. The van der Waals surface area contributed by atoms with Crippen molar-refractivity contribution >= 4 is 15.8 Å². The summed E-state index contributed by atoms with van der Waals surface area (Å²) in [6.45, 7) is 1.54. The molecule has 0 aliphatic carbocycles. The van der Waals surface area contributed by atoms with E-state index in [0.29, 0.717) is 0 Å². The number of methoxy groups -OCH3 is 1. The van der Waals surface area contributed by atoms with Gasteiger partial charge in [0.1, 0.15) is 17.1 Å². The van der Waals surface area contributed by atoms with Crippen LogP contribution in [-0.2, 0) is 15.6 Å². The molecule has 2 rings (SSSR count). The molecule has 0 bridgehead atoms. The van der Waals surface area contributed by atoms with Crippen molar-refractivity contribution in [1.29, 1.82) is 0 Å². The van der Waals surface area contributed by atoms with E-state index in [4.69, 9.17) is 14.4 Å². The van der Waals surface area contributed by atoms with Gasteiger partial charge in [-0.2, -0.15) is 4.98 Å². The van der Waals surface area contributed by atoms with Gasteiger partial charge < -0.3 is 14.4 Å². The lowest BCUT2D eigenvalue weighted by Crippen LogP contribution is -2.09. The fourth-order valence-electron chi connectivity index (χ4n) is 1.70. The first-order valence-corrected chi connectivity index (χ1v) is 7.42. The number of nitrogens with zero attached hydrogens (tertiary/aromatic N) is 2. The van der Waals surface area contributed by atoms with Crippen LogP contribution in [0.3, 0.4) is 0 Å². The first-order chi connectivity index (χ1) is 9.83. The number of aromatic nitrogens is 2. The maximum Gasteiger partial charge on any atom is 0.339 e. The molecule has 1 aromatic carbocycles. The highest BCUT2D eigenvalue weighted by Gasteiger charge is 2.22. The molecule has 0 saturated heterocycles. The van der Waals surface area contributed by atoms with E-state index < -0.39 is 21.6 Å². The smallest absolute Gasteiger partial charge is 0.339 e. The number of ether oxygens (including phenoxy) is 1. The van der Waals surface area contributed by atoms with E-state index in [1.165, 1.54) is 19.2 Å². The van der Waals surface area contributed by atoms with Gasteiger partial charge in [-0.3, -0.25) is 0 Å². The summed E-state index contributed by atoms with van der Waals surface area (Å²) in [4.78, 5) is 14.8. The Kier molecular flexibility index (Phi) is 3.94. The van der Waals surface area contributed by atoms with Gasteiger partial charge in [-0.25, -0.2) is 13.2 Å². The quantitative estimate of drug-likeness (QED) is 0.870. The number of benzene rings is 1. The first-order valence-electron chi connectivity index (χ1n) is 5.77. The summed E-state index contributed by atoms with van der Waals surface area (Å²) in [5.41, 5.74) is -0.233. The fraction of sp³-hybridized carbons (Fsp3) is 0.250. The number of carbonyl (C=O) groups is 1. The Bertz CT molecular complexity index is 781. The lowest BCUT2D eigenvalue weighted by Gasteiger charge is -2.07. The van der Waals surface area contributed by atoms with E-state index in [1.807, 2.05) is 0 Å². The zero-order valence-corrected chi connectivity index (χ0v) is 12.0. The molecule has 0 aliphatic heterocycles. The average Bonchev–Trinajstić information content (AvgIpc) is 2.82. The molecule has 1 heterocycles. The molecular formula is C12H12N2O6S. The first kappa shape index (κ1) is 15.0. The maximum absolute atomic E-state index is 12.2. The van der Waals surface area contributed by atoms with E-state index in [-0.39, 0.29) is 27.9 Å². The predicted molar refractivity (Wildman–Crippen MR) is 69.9 cm³/mol. The van der Waals surface area contributed by atoms with Crippen LogP contribution in [0, 0.1) is 6.92 Å². The van der Waals surface area contributed by atoms with Crippen LogP contribution in [0.2, 0.25) is 0 Å². The summed E-state index contributed by atoms with van der Waals surface area (Å²) < 4.78 is 34.0. The van der Waals surface area contributed by atoms with Gasteiger partial charge in [0.25, 0.3) is 0 Å². The predicted octanol–water partition coefficient (Wildman–Crippen LogP) is 1.06. The highest BCUT2D eigenvalue weighted by molar-refractivity contribution is 7.90. The zero-order valence-electron chi connectivity index (χ0n) is 11.2. The number of carboxylic acid groups (broad SMARTS) is 1. The Morgan fingerprint density at radius 2 is 2.14 bits per heavy atom. The van der Waals surface area contributed by atoms with Crippen LogP contribution in [0.5, 0.6) is 5.75 Å². The molecule has 112 valence electrons. The van der Waals surface area contributed by atoms with Gasteiger partial charge in [-0.05, 0) is 18.2 Å². The topological polar surface area (TPSA) is 120 Å². The number of carboxylic acids is 1. The summed E-state index contributed by atoms with van der Waals surface area (Å²) in [6.07, 6.45) is 0. The Morgan fingerprint density at radius 3 is 2.67 bits per heavy atom. The third-order valence-electron chi connectivity index (χ3n) is 2.65. The molecular weight excluding hydrogens is 300 g/mol. The second kappa shape index (κ2) is 5.52. The highest BCUT2D eigenvalue weighted by atomic mass is 32.2. The van der Waals surface area contributed by atoms with Crippen molar-refractivity contribution in [3.05, 3.63) is 35.5 Å². The number of rotatable bonds is 5. The van der Waals surface area contributed by atoms with Crippen molar-refractivity contribution in [2.24, 2.45) is 0 Å². The molecule has 0 atom stereocenters. The fourth-order valence-corrected chi connectivity index (χ4v) is 2.90. The van der Waals surface area contributed by atoms with Crippen molar-refractivity contribution in [2.75, 3.05) is 7.11 Å². The third kappa shape index (κ3) is 3.19. The van der Waals surface area contributed by atoms with Crippen molar-refractivity contribution < 1.29 is 27.6 Å². The van der Waals surface area contributed by atoms with Crippen LogP contribution in [0.4, 0.5) is 0 Å². The summed E-state index contributed by atoms with van der Waals surface area (Å²) in [5, 5.41) is 12.6. The van der Waals surface area contributed by atoms with Crippen LogP contribution in [0.1, 0.15) is 22.1 Å². The Hall–Kier alpha value is -2.42. The molecule has 9 heteroatoms. The molecule has 0 aliphatic rings. The Labute approximate surface area is 120 Å². The molecule has 0 radical (unpaired) electrons. The van der Waals surface area contributed by atoms with Gasteiger partial charge in [0.05, 0.1) is 12.0 Å². The van der Waals surface area contributed by atoms with E-state index >= 15 is 0 Å². The van der Waals surface area contributed by atoms with Crippen molar-refractivity contribution in [1.82, 2.24) is 10.1 Å². The average molecular weight is 312 g/mol. The molecule has 1 N–H and O–H groups in total. The van der Waals surface area contributed by atoms with E-state index in [2.05, 4.69) is 10.1 Å². The minimum absolute atomic E-state index is 0.0141. The molecule has 0 unspecified atom stereocenters. The van der Waals surface area contributed by atoms with Crippen LogP contribution >= 0.6 is 0 Å². The largest absolute Gasteiger partial charge is 0.496 e. The number of aryl methyl sites for hydroxylation is 1. The van der Waals surface area contributed by atoms with Crippen LogP contribution < -0.4 is 4.74 Å². The molecule has 0 fully saturated rings. The molecule has 21 heavy (non-hydrogen) atoms. The van der Waals surface area contributed by atoms with Gasteiger partial charge in [0.15, 0.2) is 15.7 Å². The number of sulfone groups is 1. The van der Waals surface area contributed by atoms with Crippen LogP contribution in [0.25, 0.3) is 0 Å². The molecule has 8 nitrogen and oxygen atoms in total. The number of hydrogen-bond acceptors (Lipinski definition) is 7. The lowest BCUT2D eigenvalue weighted by atomic mass is 10.2. The molecule has 0 amide bonds. The molecule has 0 saturated carbocycles. The molecule has 0 spiro atoms. The molecule has 1 aromatic heterocycles. The zero-order chi connectivity index (χ0) is 15.6. The summed E-state index contributed by atoms with van der Waals surface area (Å²) in [7, 11) is -2.48. The van der Waals surface area contributed by atoms with Gasteiger partial charge in [-0.15, -0.1) is 0 Å². The van der Waals surface area contributed by atoms with E-state index in [0.717, 1.165) is 6.07 Å². The van der Waals surface area contributed by atoms with E-state index in [9.17, 15) is 13.2 Å². The monoisotopic (exact) mass is 312 g/mol. The summed E-state index contributed by atoms with van der Waals surface area (Å²) in [5.74, 6) is -1.41. The number of hydrogen-bond donors (Lipinski definition) is 1. The van der Waals surface area contributed by atoms with Gasteiger partial charge in [0.2, 0.25) is 5.89 Å². The maximum atomic E-state index is 12.2. The van der Waals surface area contributed by atoms with Gasteiger partial charge in [-0.1, -0.05) is 5.16 Å². The second-order valence-corrected chi connectivity index (χ2v) is 6.15. The highest BCUT2D eigenvalue weighted by Crippen LogP contribution is 2.24. The third-order valence-corrected chi connectivity index (χ3v) is 4.26. The van der Waals surface area contributed by atoms with Crippen molar-refractivity contribution in [3.8, 4) is 5.75 Å². The minimum atomic E-state index is -3.78. The summed E-state index contributed by atoms with van der Waals surface area (Å²) in [6, 6.07) is 3.61. The van der Waals surface area contributed by atoms with Crippen LogP contribution in [-0.4, -0.2) is 36.7 Å². The summed E-state index contributed by atoms with van der Waals surface area (Å²) >= 11 is 0. The number of aromatic carboxylic acids is 1.